The third kappa shape index (κ3) is 6.00. The first-order valence-corrected chi connectivity index (χ1v) is 5.93. The monoisotopic (exact) mass is 335 g/mol. The van der Waals surface area contributed by atoms with Crippen molar-refractivity contribution in [1.29, 1.82) is 0 Å². The molecular weight excluding hydrogens is 321 g/mol. The van der Waals surface area contributed by atoms with Gasteiger partial charge in [0.15, 0.2) is 0 Å². The van der Waals surface area contributed by atoms with Gasteiger partial charge in [0, 0.05) is 23.1 Å². The summed E-state index contributed by atoms with van der Waals surface area (Å²) >= 11 is 3.29. The zero-order chi connectivity index (χ0) is 12.7. The van der Waals surface area contributed by atoms with Crippen LogP contribution in [0.4, 0.5) is 0 Å². The van der Waals surface area contributed by atoms with Gasteiger partial charge < -0.3 is 16.4 Å². The van der Waals surface area contributed by atoms with Gasteiger partial charge in [0.2, 0.25) is 5.91 Å². The normalized spacial score (nSPS) is 9.22. The molecule has 100 valence electrons. The lowest BCUT2D eigenvalue weighted by Gasteiger charge is -2.06. The minimum Gasteiger partial charge on any atom is -0.353 e. The fourth-order valence-electron chi connectivity index (χ4n) is 1.18. The standard InChI is InChI=1S/C11H14BrN3O2.ClH/c12-9-3-1-2-8(6-9)11(17)15-5-4-14-10(16)7-13;/h1-3,6H,4-5,7,13H2,(H,14,16)(H,15,17);1H. The molecule has 0 aliphatic rings. The Kier molecular flexibility index (Phi) is 8.36. The average molecular weight is 337 g/mol. The van der Waals surface area contributed by atoms with Gasteiger partial charge in [-0.05, 0) is 18.2 Å². The van der Waals surface area contributed by atoms with Gasteiger partial charge in [-0.25, -0.2) is 0 Å². The topological polar surface area (TPSA) is 84.2 Å². The molecule has 0 saturated heterocycles. The highest BCUT2D eigenvalue weighted by atomic mass is 79.9. The smallest absolute Gasteiger partial charge is 0.251 e. The number of carbonyl (C=O) groups excluding carboxylic acids is 2. The predicted octanol–water partition coefficient (Wildman–Crippen LogP) is 0.676. The molecule has 18 heavy (non-hydrogen) atoms. The molecule has 0 atom stereocenters. The summed E-state index contributed by atoms with van der Waals surface area (Å²) in [5.74, 6) is -0.407. The highest BCUT2D eigenvalue weighted by molar-refractivity contribution is 9.10. The summed E-state index contributed by atoms with van der Waals surface area (Å²) in [6, 6.07) is 7.08. The van der Waals surface area contributed by atoms with Gasteiger partial charge in [0.1, 0.15) is 0 Å². The molecule has 5 nitrogen and oxygen atoms in total. The number of halogens is 2. The number of hydrogen-bond acceptors (Lipinski definition) is 3. The van der Waals surface area contributed by atoms with Gasteiger partial charge in [0.05, 0.1) is 6.54 Å². The maximum atomic E-state index is 11.6. The molecule has 1 aromatic carbocycles. The van der Waals surface area contributed by atoms with Crippen molar-refractivity contribution in [3.05, 3.63) is 34.3 Å². The van der Waals surface area contributed by atoms with Crippen LogP contribution in [0.15, 0.2) is 28.7 Å². The highest BCUT2D eigenvalue weighted by Crippen LogP contribution is 2.11. The van der Waals surface area contributed by atoms with Crippen LogP contribution in [0.2, 0.25) is 0 Å². The predicted molar refractivity (Wildman–Crippen MR) is 75.8 cm³/mol. The van der Waals surface area contributed by atoms with Crippen molar-refractivity contribution in [3.63, 3.8) is 0 Å². The van der Waals surface area contributed by atoms with Crippen LogP contribution in [0.1, 0.15) is 10.4 Å². The largest absolute Gasteiger partial charge is 0.353 e. The molecule has 7 heteroatoms. The van der Waals surface area contributed by atoms with Crippen molar-refractivity contribution >= 4 is 40.2 Å². The summed E-state index contributed by atoms with van der Waals surface area (Å²) in [6.07, 6.45) is 0. The molecule has 0 spiro atoms. The summed E-state index contributed by atoms with van der Waals surface area (Å²) in [5, 5.41) is 5.25. The van der Waals surface area contributed by atoms with E-state index in [0.29, 0.717) is 18.7 Å². The van der Waals surface area contributed by atoms with E-state index in [4.69, 9.17) is 5.73 Å². The Labute approximate surface area is 120 Å². The summed E-state index contributed by atoms with van der Waals surface area (Å²) in [6.45, 7) is 0.701. The number of carbonyl (C=O) groups is 2. The fourth-order valence-corrected chi connectivity index (χ4v) is 1.58. The van der Waals surface area contributed by atoms with E-state index in [1.807, 2.05) is 6.07 Å². The number of benzene rings is 1. The summed E-state index contributed by atoms with van der Waals surface area (Å²) in [4.78, 5) is 22.5. The van der Waals surface area contributed by atoms with Crippen molar-refractivity contribution in [2.45, 2.75) is 0 Å². The Morgan fingerprint density at radius 1 is 1.22 bits per heavy atom. The Morgan fingerprint density at radius 3 is 2.50 bits per heavy atom. The molecule has 0 heterocycles. The van der Waals surface area contributed by atoms with Gasteiger partial charge in [0.25, 0.3) is 5.91 Å². The number of nitrogens with two attached hydrogens (primary N) is 1. The number of rotatable bonds is 5. The van der Waals surface area contributed by atoms with Crippen molar-refractivity contribution in [2.24, 2.45) is 5.73 Å². The van der Waals surface area contributed by atoms with Crippen LogP contribution in [-0.2, 0) is 4.79 Å². The Bertz CT molecular complexity index is 415. The Hall–Kier alpha value is -1.11. The lowest BCUT2D eigenvalue weighted by Crippen LogP contribution is -2.37. The minimum absolute atomic E-state index is 0. The molecule has 0 aromatic heterocycles. The van der Waals surface area contributed by atoms with Crippen LogP contribution < -0.4 is 16.4 Å². The molecule has 1 aromatic rings. The number of hydrogen-bond donors (Lipinski definition) is 3. The molecule has 1 rings (SSSR count). The second-order valence-corrected chi connectivity index (χ2v) is 4.24. The van der Waals surface area contributed by atoms with Crippen LogP contribution in [0.25, 0.3) is 0 Å². The second kappa shape index (κ2) is 8.91. The van der Waals surface area contributed by atoms with E-state index in [9.17, 15) is 9.59 Å². The van der Waals surface area contributed by atoms with E-state index in [0.717, 1.165) is 4.47 Å². The van der Waals surface area contributed by atoms with E-state index >= 15 is 0 Å². The lowest BCUT2D eigenvalue weighted by atomic mass is 10.2. The first kappa shape index (κ1) is 16.9. The third-order valence-electron chi connectivity index (χ3n) is 2.00. The van der Waals surface area contributed by atoms with E-state index in [1.54, 1.807) is 18.2 Å². The zero-order valence-corrected chi connectivity index (χ0v) is 12.0. The Morgan fingerprint density at radius 2 is 1.89 bits per heavy atom. The molecule has 0 saturated carbocycles. The molecule has 0 bridgehead atoms. The van der Waals surface area contributed by atoms with Gasteiger partial charge in [-0.15, -0.1) is 12.4 Å². The molecule has 0 aliphatic heterocycles. The first-order valence-electron chi connectivity index (χ1n) is 5.14. The third-order valence-corrected chi connectivity index (χ3v) is 2.50. The summed E-state index contributed by atoms with van der Waals surface area (Å²) < 4.78 is 0.849. The zero-order valence-electron chi connectivity index (χ0n) is 9.61. The summed E-state index contributed by atoms with van der Waals surface area (Å²) in [5.41, 5.74) is 5.69. The van der Waals surface area contributed by atoms with Gasteiger partial charge in [-0.2, -0.15) is 0 Å². The Balaban J connectivity index is 0.00000289. The van der Waals surface area contributed by atoms with Crippen LogP contribution in [0.5, 0.6) is 0 Å². The molecule has 0 unspecified atom stereocenters. The molecule has 0 aliphatic carbocycles. The van der Waals surface area contributed by atoms with Crippen LogP contribution in [-0.4, -0.2) is 31.4 Å². The average Bonchev–Trinajstić information content (AvgIpc) is 2.34. The highest BCUT2D eigenvalue weighted by Gasteiger charge is 2.04. The lowest BCUT2D eigenvalue weighted by molar-refractivity contribution is -0.119. The minimum atomic E-state index is -0.235. The van der Waals surface area contributed by atoms with E-state index in [1.165, 1.54) is 0 Å². The molecule has 0 fully saturated rings. The van der Waals surface area contributed by atoms with Crippen molar-refractivity contribution in [2.75, 3.05) is 19.6 Å². The van der Waals surface area contributed by atoms with Gasteiger partial charge >= 0.3 is 0 Å². The van der Waals surface area contributed by atoms with Crippen LogP contribution in [0.3, 0.4) is 0 Å². The number of amides is 2. The quantitative estimate of drug-likeness (QED) is 0.691. The van der Waals surface area contributed by atoms with Crippen molar-refractivity contribution in [1.82, 2.24) is 10.6 Å². The summed E-state index contributed by atoms with van der Waals surface area (Å²) in [7, 11) is 0. The maximum Gasteiger partial charge on any atom is 0.251 e. The van der Waals surface area contributed by atoms with Crippen LogP contribution >= 0.6 is 28.3 Å². The molecular formula is C11H15BrClN3O2. The maximum absolute atomic E-state index is 11.6. The molecule has 2 amide bonds. The molecule has 4 N–H and O–H groups in total. The van der Waals surface area contributed by atoms with E-state index in [2.05, 4.69) is 26.6 Å². The SMILES string of the molecule is Cl.NCC(=O)NCCNC(=O)c1cccc(Br)c1. The molecule has 0 radical (unpaired) electrons. The van der Waals surface area contributed by atoms with Gasteiger partial charge in [-0.1, -0.05) is 22.0 Å². The fraction of sp³-hybridized carbons (Fsp3) is 0.273. The number of nitrogens with one attached hydrogen (secondary N) is 2. The van der Waals surface area contributed by atoms with Gasteiger partial charge in [-0.3, -0.25) is 9.59 Å². The van der Waals surface area contributed by atoms with Crippen LogP contribution in [0, 0.1) is 0 Å². The van der Waals surface area contributed by atoms with E-state index in [-0.39, 0.29) is 30.8 Å². The van der Waals surface area contributed by atoms with Crippen molar-refractivity contribution in [3.8, 4) is 0 Å². The van der Waals surface area contributed by atoms with E-state index < -0.39 is 0 Å². The first-order chi connectivity index (χ1) is 8.13. The van der Waals surface area contributed by atoms with Crippen molar-refractivity contribution < 1.29 is 9.59 Å². The second-order valence-electron chi connectivity index (χ2n) is 3.32.